The Bertz CT molecular complexity index is 1050. The van der Waals surface area contributed by atoms with Crippen molar-refractivity contribution < 1.29 is 18.7 Å². The highest BCUT2D eigenvalue weighted by Gasteiger charge is 2.31. The largest absolute Gasteiger partial charge is 0.493 e. The van der Waals surface area contributed by atoms with Gasteiger partial charge in [-0.3, -0.25) is 4.79 Å². The van der Waals surface area contributed by atoms with Crippen molar-refractivity contribution in [1.29, 1.82) is 0 Å². The number of rotatable bonds is 10. The molecular weight excluding hydrogens is 428 g/mol. The Morgan fingerprint density at radius 1 is 1.12 bits per heavy atom. The maximum Gasteiger partial charge on any atom is 0.309 e. The van der Waals surface area contributed by atoms with Crippen molar-refractivity contribution in [3.8, 4) is 17.2 Å². The van der Waals surface area contributed by atoms with Gasteiger partial charge in [0, 0.05) is 12.0 Å². The summed E-state index contributed by atoms with van der Waals surface area (Å²) in [5.41, 5.74) is 3.15. The number of hydrogen-bond donors (Lipinski definition) is 1. The standard InChI is InChI=1S/C28H34N2O4/c1-3-32-28(31)25-15-17-29-19-23(25)12-9-21-10-13-24(14-11-21)33-18-16-26-20(2)34-27(30-26)22-7-5-4-6-8-22/h4-8,10-11,13-14,23,25,29H,3,9,12,15-19H2,1-2H3/t23-,25+/m1/s1. The molecule has 1 saturated heterocycles. The molecule has 0 saturated carbocycles. The molecule has 0 aliphatic carbocycles. The zero-order valence-corrected chi connectivity index (χ0v) is 20.1. The average Bonchev–Trinajstić information content (AvgIpc) is 3.25. The number of nitrogens with zero attached hydrogens (tertiary/aromatic N) is 1. The highest BCUT2D eigenvalue weighted by molar-refractivity contribution is 5.73. The van der Waals surface area contributed by atoms with Crippen molar-refractivity contribution in [2.45, 2.75) is 39.5 Å². The lowest BCUT2D eigenvalue weighted by atomic mass is 9.82. The Labute approximate surface area is 201 Å². The summed E-state index contributed by atoms with van der Waals surface area (Å²) in [6.07, 6.45) is 3.44. The zero-order chi connectivity index (χ0) is 23.8. The fourth-order valence-electron chi connectivity index (χ4n) is 4.52. The van der Waals surface area contributed by atoms with Crippen LogP contribution in [0.3, 0.4) is 0 Å². The maximum atomic E-state index is 12.3. The van der Waals surface area contributed by atoms with Gasteiger partial charge < -0.3 is 19.2 Å². The second-order valence-corrected chi connectivity index (χ2v) is 8.78. The van der Waals surface area contributed by atoms with E-state index in [9.17, 15) is 4.79 Å². The molecule has 1 fully saturated rings. The lowest BCUT2D eigenvalue weighted by molar-refractivity contribution is -0.151. The van der Waals surface area contributed by atoms with Crippen LogP contribution >= 0.6 is 0 Å². The first-order valence-electron chi connectivity index (χ1n) is 12.2. The molecule has 0 unspecified atom stereocenters. The summed E-state index contributed by atoms with van der Waals surface area (Å²) >= 11 is 0. The van der Waals surface area contributed by atoms with Crippen molar-refractivity contribution in [2.75, 3.05) is 26.3 Å². The van der Waals surface area contributed by atoms with E-state index < -0.39 is 0 Å². The quantitative estimate of drug-likeness (QED) is 0.428. The van der Waals surface area contributed by atoms with Crippen LogP contribution in [0.2, 0.25) is 0 Å². The smallest absolute Gasteiger partial charge is 0.309 e. The van der Waals surface area contributed by atoms with E-state index >= 15 is 0 Å². The first-order chi connectivity index (χ1) is 16.6. The number of aryl methyl sites for hydroxylation is 2. The molecule has 34 heavy (non-hydrogen) atoms. The first-order valence-corrected chi connectivity index (χ1v) is 12.2. The number of ether oxygens (including phenoxy) is 2. The Balaban J connectivity index is 1.25. The molecule has 0 spiro atoms. The van der Waals surface area contributed by atoms with Gasteiger partial charge in [0.05, 0.1) is 24.8 Å². The van der Waals surface area contributed by atoms with Crippen molar-refractivity contribution >= 4 is 5.97 Å². The summed E-state index contributed by atoms with van der Waals surface area (Å²) in [7, 11) is 0. The Morgan fingerprint density at radius 2 is 1.91 bits per heavy atom. The van der Waals surface area contributed by atoms with Crippen LogP contribution in [0.25, 0.3) is 11.5 Å². The van der Waals surface area contributed by atoms with Gasteiger partial charge in [-0.05, 0) is 81.9 Å². The predicted molar refractivity (Wildman–Crippen MR) is 132 cm³/mol. The summed E-state index contributed by atoms with van der Waals surface area (Å²) in [6, 6.07) is 18.2. The molecule has 1 aliphatic rings. The molecular formula is C28H34N2O4. The fourth-order valence-corrected chi connectivity index (χ4v) is 4.52. The molecule has 2 heterocycles. The van der Waals surface area contributed by atoms with Crippen LogP contribution in [0.5, 0.6) is 5.75 Å². The molecule has 2 atom stereocenters. The molecule has 0 bridgehead atoms. The van der Waals surface area contributed by atoms with E-state index in [0.717, 1.165) is 55.1 Å². The van der Waals surface area contributed by atoms with Crippen molar-refractivity contribution in [1.82, 2.24) is 10.3 Å². The number of carbonyl (C=O) groups excluding carboxylic acids is 1. The van der Waals surface area contributed by atoms with Crippen LogP contribution in [0.4, 0.5) is 0 Å². The van der Waals surface area contributed by atoms with Gasteiger partial charge in [-0.1, -0.05) is 30.3 Å². The number of oxazole rings is 1. The molecule has 2 aromatic carbocycles. The minimum absolute atomic E-state index is 0.00574. The van der Waals surface area contributed by atoms with E-state index in [2.05, 4.69) is 22.4 Å². The van der Waals surface area contributed by atoms with Crippen LogP contribution in [0, 0.1) is 18.8 Å². The number of esters is 1. The van der Waals surface area contributed by atoms with E-state index in [4.69, 9.17) is 13.9 Å². The molecule has 0 amide bonds. The van der Waals surface area contributed by atoms with E-state index in [1.165, 1.54) is 5.56 Å². The summed E-state index contributed by atoms with van der Waals surface area (Å²) in [4.78, 5) is 16.9. The number of nitrogens with one attached hydrogen (secondary N) is 1. The number of benzene rings is 2. The van der Waals surface area contributed by atoms with Crippen molar-refractivity contribution in [3.05, 3.63) is 71.6 Å². The minimum Gasteiger partial charge on any atom is -0.493 e. The fraction of sp³-hybridized carbons (Fsp3) is 0.429. The van der Waals surface area contributed by atoms with Crippen LogP contribution in [0.15, 0.2) is 59.0 Å². The van der Waals surface area contributed by atoms with E-state index in [1.54, 1.807) is 0 Å². The highest BCUT2D eigenvalue weighted by Crippen LogP contribution is 2.26. The van der Waals surface area contributed by atoms with Crippen LogP contribution in [-0.4, -0.2) is 37.3 Å². The average molecular weight is 463 g/mol. The number of carbonyl (C=O) groups is 1. The lowest BCUT2D eigenvalue weighted by Crippen LogP contribution is -2.41. The second kappa shape index (κ2) is 11.8. The molecule has 6 heteroatoms. The van der Waals surface area contributed by atoms with Gasteiger partial charge in [0.1, 0.15) is 11.5 Å². The lowest BCUT2D eigenvalue weighted by Gasteiger charge is -2.30. The Morgan fingerprint density at radius 3 is 2.68 bits per heavy atom. The molecule has 4 rings (SSSR count). The normalized spacial score (nSPS) is 17.9. The van der Waals surface area contributed by atoms with Gasteiger partial charge in [0.25, 0.3) is 0 Å². The predicted octanol–water partition coefficient (Wildman–Crippen LogP) is 4.99. The third-order valence-electron chi connectivity index (χ3n) is 6.45. The van der Waals surface area contributed by atoms with E-state index in [1.807, 2.05) is 56.3 Å². The van der Waals surface area contributed by atoms with Gasteiger partial charge in [-0.2, -0.15) is 0 Å². The van der Waals surface area contributed by atoms with Gasteiger partial charge in [-0.15, -0.1) is 0 Å². The Hall–Kier alpha value is -3.12. The van der Waals surface area contributed by atoms with E-state index in [0.29, 0.717) is 31.4 Å². The van der Waals surface area contributed by atoms with Gasteiger partial charge in [0.15, 0.2) is 0 Å². The summed E-state index contributed by atoms with van der Waals surface area (Å²) in [5, 5.41) is 3.42. The highest BCUT2D eigenvalue weighted by atomic mass is 16.5. The minimum atomic E-state index is -0.0454. The maximum absolute atomic E-state index is 12.3. The van der Waals surface area contributed by atoms with Crippen molar-refractivity contribution in [3.63, 3.8) is 0 Å². The number of aromatic nitrogens is 1. The molecule has 1 aromatic heterocycles. The molecule has 3 aromatic rings. The van der Waals surface area contributed by atoms with Gasteiger partial charge in [0.2, 0.25) is 5.89 Å². The summed E-state index contributed by atoms with van der Waals surface area (Å²) in [6.45, 7) is 6.55. The zero-order valence-electron chi connectivity index (χ0n) is 20.1. The van der Waals surface area contributed by atoms with E-state index in [-0.39, 0.29) is 11.9 Å². The molecule has 180 valence electrons. The number of hydrogen-bond acceptors (Lipinski definition) is 6. The monoisotopic (exact) mass is 462 g/mol. The summed E-state index contributed by atoms with van der Waals surface area (Å²) in [5.74, 6) is 2.60. The van der Waals surface area contributed by atoms with Gasteiger partial charge in [-0.25, -0.2) is 4.98 Å². The summed E-state index contributed by atoms with van der Waals surface area (Å²) < 4.78 is 17.1. The van der Waals surface area contributed by atoms with Crippen LogP contribution in [0.1, 0.15) is 36.8 Å². The SMILES string of the molecule is CCOC(=O)[C@H]1CCNC[C@H]1CCc1ccc(OCCc2nc(-c3ccccc3)oc2C)cc1. The second-order valence-electron chi connectivity index (χ2n) is 8.78. The molecule has 0 radical (unpaired) electrons. The first kappa shape index (κ1) is 24.0. The van der Waals surface area contributed by atoms with Crippen LogP contribution < -0.4 is 10.1 Å². The molecule has 6 nitrogen and oxygen atoms in total. The Kier molecular flexibility index (Phi) is 8.36. The third-order valence-corrected chi connectivity index (χ3v) is 6.45. The van der Waals surface area contributed by atoms with Crippen molar-refractivity contribution in [2.24, 2.45) is 11.8 Å². The number of piperidine rings is 1. The molecule has 1 N–H and O–H groups in total. The molecule has 1 aliphatic heterocycles. The third kappa shape index (κ3) is 6.26. The topological polar surface area (TPSA) is 73.6 Å². The van der Waals surface area contributed by atoms with Gasteiger partial charge >= 0.3 is 5.97 Å². The van der Waals surface area contributed by atoms with Crippen LogP contribution in [-0.2, 0) is 22.4 Å².